The second kappa shape index (κ2) is 5.77. The molecule has 0 amide bonds. The predicted molar refractivity (Wildman–Crippen MR) is 90.7 cm³/mol. The minimum absolute atomic E-state index is 0.324. The van der Waals surface area contributed by atoms with Crippen molar-refractivity contribution in [2.24, 2.45) is 4.99 Å². The Morgan fingerprint density at radius 3 is 2.29 bits per heavy atom. The predicted octanol–water partition coefficient (Wildman–Crippen LogP) is 4.81. The maximum Gasteiger partial charge on any atom is 0.151 e. The Morgan fingerprint density at radius 2 is 1.50 bits per heavy atom. The van der Waals surface area contributed by atoms with Crippen molar-refractivity contribution in [2.75, 3.05) is 0 Å². The first-order valence-corrected chi connectivity index (χ1v) is 7.35. The molecule has 5 heteroatoms. The summed E-state index contributed by atoms with van der Waals surface area (Å²) in [5, 5.41) is 1.92. The number of hydrogen-bond donors (Lipinski definition) is 0. The summed E-state index contributed by atoms with van der Waals surface area (Å²) >= 11 is 0. The van der Waals surface area contributed by atoms with E-state index in [1.54, 1.807) is 12.3 Å². The van der Waals surface area contributed by atoms with Gasteiger partial charge >= 0.3 is 0 Å². The Morgan fingerprint density at radius 1 is 0.792 bits per heavy atom. The highest BCUT2D eigenvalue weighted by molar-refractivity contribution is 6.03. The van der Waals surface area contributed by atoms with Crippen molar-refractivity contribution in [3.05, 3.63) is 78.1 Å². The molecule has 24 heavy (non-hydrogen) atoms. The van der Waals surface area contributed by atoms with Crippen LogP contribution in [0.1, 0.15) is 5.69 Å². The minimum atomic E-state index is -0.709. The third-order valence-corrected chi connectivity index (χ3v) is 3.72. The number of pyridine rings is 2. The van der Waals surface area contributed by atoms with E-state index in [0.717, 1.165) is 21.8 Å². The second-order valence-corrected chi connectivity index (χ2v) is 5.28. The van der Waals surface area contributed by atoms with E-state index in [1.807, 2.05) is 30.3 Å². The number of benzene rings is 2. The summed E-state index contributed by atoms with van der Waals surface area (Å²) in [5.74, 6) is -1.42. The molecule has 0 N–H and O–H groups in total. The maximum absolute atomic E-state index is 13.6. The molecule has 0 aliphatic rings. The van der Waals surface area contributed by atoms with Gasteiger partial charge in [0.05, 0.1) is 22.9 Å². The van der Waals surface area contributed by atoms with Gasteiger partial charge < -0.3 is 0 Å². The lowest BCUT2D eigenvalue weighted by Gasteiger charge is -2.03. The fourth-order valence-corrected chi connectivity index (χ4v) is 2.55. The van der Waals surface area contributed by atoms with E-state index in [4.69, 9.17) is 0 Å². The summed E-state index contributed by atoms with van der Waals surface area (Å²) in [4.78, 5) is 12.8. The molecule has 4 rings (SSSR count). The summed E-state index contributed by atoms with van der Waals surface area (Å²) in [5.41, 5.74) is 1.69. The zero-order valence-electron chi connectivity index (χ0n) is 12.4. The van der Waals surface area contributed by atoms with Gasteiger partial charge in [0.1, 0.15) is 5.69 Å². The first-order chi connectivity index (χ1) is 11.7. The van der Waals surface area contributed by atoms with Crippen LogP contribution in [0.4, 0.5) is 14.5 Å². The number of aromatic nitrogens is 2. The van der Waals surface area contributed by atoms with E-state index in [2.05, 4.69) is 15.0 Å². The smallest absolute Gasteiger partial charge is 0.151 e. The quantitative estimate of drug-likeness (QED) is 0.393. The van der Waals surface area contributed by atoms with Crippen LogP contribution in [0.5, 0.6) is 0 Å². The van der Waals surface area contributed by atoms with Crippen molar-refractivity contribution in [3.63, 3.8) is 0 Å². The Kier molecular flexibility index (Phi) is 3.46. The number of fused-ring (bicyclic) bond motifs is 3. The molecular formula is C19H11F2N3. The van der Waals surface area contributed by atoms with Crippen molar-refractivity contribution in [1.82, 2.24) is 9.97 Å². The zero-order chi connectivity index (χ0) is 16.5. The third-order valence-electron chi connectivity index (χ3n) is 3.72. The average Bonchev–Trinajstić information content (AvgIpc) is 2.61. The van der Waals surface area contributed by atoms with Gasteiger partial charge in [-0.2, -0.15) is 0 Å². The molecule has 4 aromatic rings. The SMILES string of the molecule is Fc1cccc(F)c1N=Cc1ccc2ccc3cccnc3c2n1. The van der Waals surface area contributed by atoms with Gasteiger partial charge in [-0.3, -0.25) is 4.98 Å². The fraction of sp³-hybridized carbons (Fsp3) is 0. The number of hydrogen-bond acceptors (Lipinski definition) is 3. The van der Waals surface area contributed by atoms with Crippen LogP contribution in [0, 0.1) is 11.6 Å². The molecule has 0 aliphatic carbocycles. The fourth-order valence-electron chi connectivity index (χ4n) is 2.55. The molecule has 0 aliphatic heterocycles. The third kappa shape index (κ3) is 2.50. The van der Waals surface area contributed by atoms with E-state index in [-0.39, 0.29) is 5.69 Å². The molecule has 0 radical (unpaired) electrons. The van der Waals surface area contributed by atoms with Crippen LogP contribution in [-0.4, -0.2) is 16.2 Å². The van der Waals surface area contributed by atoms with Gasteiger partial charge in [-0.25, -0.2) is 18.8 Å². The molecule has 0 saturated carbocycles. The Labute approximate surface area is 136 Å². The standard InChI is InChI=1S/C19H11F2N3/c20-15-4-1-5-16(21)19(15)23-11-14-9-8-13-7-6-12-3-2-10-22-17(12)18(13)24-14/h1-11H. The van der Waals surface area contributed by atoms with E-state index in [9.17, 15) is 8.78 Å². The summed E-state index contributed by atoms with van der Waals surface area (Å²) in [7, 11) is 0. The molecule has 3 nitrogen and oxygen atoms in total. The normalized spacial score (nSPS) is 11.6. The molecule has 0 unspecified atom stereocenters. The van der Waals surface area contributed by atoms with Crippen LogP contribution in [0.15, 0.2) is 65.8 Å². The lowest BCUT2D eigenvalue weighted by Crippen LogP contribution is -1.91. The highest BCUT2D eigenvalue weighted by atomic mass is 19.1. The van der Waals surface area contributed by atoms with E-state index >= 15 is 0 Å². The van der Waals surface area contributed by atoms with Crippen molar-refractivity contribution >= 4 is 33.7 Å². The average molecular weight is 319 g/mol. The molecule has 0 fully saturated rings. The lowest BCUT2D eigenvalue weighted by atomic mass is 10.1. The van der Waals surface area contributed by atoms with Crippen LogP contribution >= 0.6 is 0 Å². The van der Waals surface area contributed by atoms with Crippen molar-refractivity contribution in [2.45, 2.75) is 0 Å². The molecule has 2 aromatic carbocycles. The first kappa shape index (κ1) is 14.4. The molecule has 116 valence electrons. The Balaban J connectivity index is 1.83. The van der Waals surface area contributed by atoms with Crippen LogP contribution in [0.2, 0.25) is 0 Å². The molecule has 0 atom stereocenters. The highest BCUT2D eigenvalue weighted by Gasteiger charge is 2.07. The summed E-state index contributed by atoms with van der Waals surface area (Å²) in [6.45, 7) is 0. The highest BCUT2D eigenvalue weighted by Crippen LogP contribution is 2.23. The van der Waals surface area contributed by atoms with Crippen LogP contribution < -0.4 is 0 Å². The topological polar surface area (TPSA) is 38.1 Å². The zero-order valence-corrected chi connectivity index (χ0v) is 12.4. The van der Waals surface area contributed by atoms with Gasteiger partial charge in [0.15, 0.2) is 11.6 Å². The Bertz CT molecular complexity index is 1070. The number of rotatable bonds is 2. The second-order valence-electron chi connectivity index (χ2n) is 5.28. The van der Waals surface area contributed by atoms with E-state index < -0.39 is 11.6 Å². The van der Waals surface area contributed by atoms with Crippen LogP contribution in [0.3, 0.4) is 0 Å². The molecule has 2 aromatic heterocycles. The van der Waals surface area contributed by atoms with Crippen molar-refractivity contribution < 1.29 is 8.78 Å². The minimum Gasteiger partial charge on any atom is -0.254 e. The van der Waals surface area contributed by atoms with Gasteiger partial charge in [0, 0.05) is 17.0 Å². The molecule has 0 spiro atoms. The van der Waals surface area contributed by atoms with Gasteiger partial charge in [0.2, 0.25) is 0 Å². The van der Waals surface area contributed by atoms with Gasteiger partial charge in [-0.15, -0.1) is 0 Å². The van der Waals surface area contributed by atoms with Crippen molar-refractivity contribution in [3.8, 4) is 0 Å². The van der Waals surface area contributed by atoms with Gasteiger partial charge in [0.25, 0.3) is 0 Å². The molecule has 0 saturated heterocycles. The summed E-state index contributed by atoms with van der Waals surface area (Å²) < 4.78 is 27.3. The van der Waals surface area contributed by atoms with Crippen LogP contribution in [-0.2, 0) is 0 Å². The molecular weight excluding hydrogens is 308 g/mol. The monoisotopic (exact) mass is 319 g/mol. The maximum atomic E-state index is 13.6. The lowest BCUT2D eigenvalue weighted by molar-refractivity contribution is 0.587. The van der Waals surface area contributed by atoms with Gasteiger partial charge in [-0.05, 0) is 24.3 Å². The summed E-state index contributed by atoms with van der Waals surface area (Å²) in [6.07, 6.45) is 3.06. The molecule has 0 bridgehead atoms. The van der Waals surface area contributed by atoms with E-state index in [1.165, 1.54) is 24.4 Å². The Hall–Kier alpha value is -3.21. The van der Waals surface area contributed by atoms with Crippen LogP contribution in [0.25, 0.3) is 21.8 Å². The number of halogens is 2. The molecule has 2 heterocycles. The largest absolute Gasteiger partial charge is 0.254 e. The van der Waals surface area contributed by atoms with Gasteiger partial charge in [-0.1, -0.05) is 30.3 Å². The first-order valence-electron chi connectivity index (χ1n) is 7.35. The van der Waals surface area contributed by atoms with E-state index in [0.29, 0.717) is 5.69 Å². The number of nitrogens with zero attached hydrogens (tertiary/aromatic N) is 3. The summed E-state index contributed by atoms with van der Waals surface area (Å²) in [6, 6.07) is 15.0. The van der Waals surface area contributed by atoms with Crippen molar-refractivity contribution in [1.29, 1.82) is 0 Å². The number of aliphatic imine (C=N–C) groups is 1. The number of para-hydroxylation sites is 1.